The number of rotatable bonds is 6. The molecule has 8 nitrogen and oxygen atoms in total. The van der Waals surface area contributed by atoms with Crippen molar-refractivity contribution < 1.29 is 28.2 Å². The number of thiazole rings is 1. The van der Waals surface area contributed by atoms with Crippen LogP contribution < -0.4 is 14.3 Å². The van der Waals surface area contributed by atoms with E-state index in [0.717, 1.165) is 10.1 Å². The summed E-state index contributed by atoms with van der Waals surface area (Å²) in [4.78, 5) is 29.6. The molecule has 0 N–H and O–H groups in total. The first-order valence-corrected chi connectivity index (χ1v) is 10.3. The second-order valence-corrected chi connectivity index (χ2v) is 7.53. The normalized spacial score (nSPS) is 11.8. The number of carbonyl (C=O) groups is 2. The predicted octanol–water partition coefficient (Wildman–Crippen LogP) is 3.77. The van der Waals surface area contributed by atoms with Crippen molar-refractivity contribution in [2.45, 2.75) is 13.5 Å². The highest BCUT2D eigenvalue weighted by atomic mass is 32.1. The van der Waals surface area contributed by atoms with E-state index in [9.17, 15) is 9.59 Å². The molecule has 0 bridgehead atoms. The highest BCUT2D eigenvalue weighted by Crippen LogP contribution is 2.33. The second-order valence-electron chi connectivity index (χ2n) is 6.52. The van der Waals surface area contributed by atoms with Crippen molar-refractivity contribution in [2.75, 3.05) is 20.8 Å². The molecule has 2 aromatic heterocycles. The number of hydrogen-bond acceptors (Lipinski definition) is 7. The predicted molar refractivity (Wildman–Crippen MR) is 116 cm³/mol. The number of aromatic nitrogens is 1. The molecule has 0 fully saturated rings. The summed E-state index contributed by atoms with van der Waals surface area (Å²) < 4.78 is 23.9. The molecule has 160 valence electrons. The van der Waals surface area contributed by atoms with E-state index < -0.39 is 11.9 Å². The Morgan fingerprint density at radius 2 is 1.84 bits per heavy atom. The van der Waals surface area contributed by atoms with Gasteiger partial charge in [0.05, 0.1) is 31.0 Å². The molecule has 4 aromatic rings. The van der Waals surface area contributed by atoms with Gasteiger partial charge in [0.25, 0.3) is 0 Å². The monoisotopic (exact) mass is 440 g/mol. The minimum absolute atomic E-state index is 0.102. The number of benzene rings is 2. The molecule has 0 unspecified atom stereocenters. The van der Waals surface area contributed by atoms with Crippen molar-refractivity contribution in [3.8, 4) is 11.5 Å². The van der Waals surface area contributed by atoms with E-state index in [2.05, 4.69) is 4.99 Å². The quantitative estimate of drug-likeness (QED) is 0.424. The summed E-state index contributed by atoms with van der Waals surface area (Å²) in [6, 6.07) is 12.5. The van der Waals surface area contributed by atoms with Crippen LogP contribution in [0.2, 0.25) is 0 Å². The number of nitrogens with zero attached hydrogens (tertiary/aromatic N) is 2. The summed E-state index contributed by atoms with van der Waals surface area (Å²) in [5.74, 6) is 0.181. The zero-order chi connectivity index (χ0) is 22.0. The molecule has 0 aliphatic rings. The number of para-hydroxylation sites is 1. The summed E-state index contributed by atoms with van der Waals surface area (Å²) in [6.45, 7) is 1.89. The van der Waals surface area contributed by atoms with Gasteiger partial charge in [-0.2, -0.15) is 4.99 Å². The number of esters is 1. The highest BCUT2D eigenvalue weighted by Gasteiger charge is 2.17. The molecule has 2 aromatic carbocycles. The van der Waals surface area contributed by atoms with Gasteiger partial charge in [-0.3, -0.25) is 9.59 Å². The molecule has 0 saturated heterocycles. The molecule has 31 heavy (non-hydrogen) atoms. The Hall–Kier alpha value is -3.59. The molecule has 9 heteroatoms. The first kappa shape index (κ1) is 20.7. The number of amides is 1. The first-order chi connectivity index (χ1) is 15.0. The Kier molecular flexibility index (Phi) is 5.77. The summed E-state index contributed by atoms with van der Waals surface area (Å²) in [6.07, 6.45) is 0. The van der Waals surface area contributed by atoms with Crippen molar-refractivity contribution >= 4 is 44.4 Å². The van der Waals surface area contributed by atoms with Gasteiger partial charge in [-0.25, -0.2) is 0 Å². The van der Waals surface area contributed by atoms with E-state index in [0.29, 0.717) is 27.4 Å². The number of carbonyl (C=O) groups excluding carboxylic acids is 2. The smallest absolute Gasteiger partial charge is 0.326 e. The molecule has 1 amide bonds. The molecule has 0 saturated carbocycles. The Morgan fingerprint density at radius 1 is 1.10 bits per heavy atom. The number of fused-ring (bicyclic) bond motifs is 2. The summed E-state index contributed by atoms with van der Waals surface area (Å²) in [5, 5.41) is 0.811. The first-order valence-electron chi connectivity index (χ1n) is 9.52. The fourth-order valence-electron chi connectivity index (χ4n) is 3.20. The minimum Gasteiger partial charge on any atom is -0.493 e. The maximum atomic E-state index is 12.8. The van der Waals surface area contributed by atoms with Crippen LogP contribution in [-0.2, 0) is 16.1 Å². The lowest BCUT2D eigenvalue weighted by molar-refractivity contribution is -0.143. The molecule has 2 heterocycles. The molecular weight excluding hydrogens is 420 g/mol. The van der Waals surface area contributed by atoms with Crippen molar-refractivity contribution in [2.24, 2.45) is 4.99 Å². The Balaban J connectivity index is 1.85. The topological polar surface area (TPSA) is 92.3 Å². The van der Waals surface area contributed by atoms with E-state index >= 15 is 0 Å². The summed E-state index contributed by atoms with van der Waals surface area (Å²) in [7, 11) is 3.07. The highest BCUT2D eigenvalue weighted by molar-refractivity contribution is 7.16. The number of methoxy groups -OCH3 is 2. The number of hydrogen-bond donors (Lipinski definition) is 0. The number of ether oxygens (including phenoxy) is 3. The van der Waals surface area contributed by atoms with Gasteiger partial charge in [-0.15, -0.1) is 0 Å². The van der Waals surface area contributed by atoms with Crippen LogP contribution in [0, 0.1) is 0 Å². The van der Waals surface area contributed by atoms with E-state index in [1.54, 1.807) is 42.9 Å². The van der Waals surface area contributed by atoms with Crippen LogP contribution in [0.4, 0.5) is 0 Å². The fourth-order valence-corrected chi connectivity index (χ4v) is 4.24. The zero-order valence-corrected chi connectivity index (χ0v) is 18.0. The maximum Gasteiger partial charge on any atom is 0.326 e. The van der Waals surface area contributed by atoms with Gasteiger partial charge in [0.15, 0.2) is 22.1 Å². The van der Waals surface area contributed by atoms with E-state index in [4.69, 9.17) is 18.6 Å². The van der Waals surface area contributed by atoms with Crippen molar-refractivity contribution in [1.29, 1.82) is 0 Å². The largest absolute Gasteiger partial charge is 0.493 e. The molecule has 0 spiro atoms. The van der Waals surface area contributed by atoms with Gasteiger partial charge in [0.2, 0.25) is 0 Å². The van der Waals surface area contributed by atoms with Crippen LogP contribution >= 0.6 is 11.3 Å². The third kappa shape index (κ3) is 4.04. The van der Waals surface area contributed by atoms with Crippen LogP contribution in [0.3, 0.4) is 0 Å². The average Bonchev–Trinajstić information content (AvgIpc) is 3.34. The third-order valence-electron chi connectivity index (χ3n) is 4.61. The molecule has 0 aliphatic carbocycles. The fraction of sp³-hybridized carbons (Fsp3) is 0.227. The van der Waals surface area contributed by atoms with Gasteiger partial charge in [-0.05, 0) is 19.1 Å². The maximum absolute atomic E-state index is 12.8. The Morgan fingerprint density at radius 3 is 2.55 bits per heavy atom. The number of furan rings is 1. The van der Waals surface area contributed by atoms with Crippen LogP contribution in [0.1, 0.15) is 17.5 Å². The van der Waals surface area contributed by atoms with Crippen molar-refractivity contribution in [3.05, 3.63) is 53.0 Å². The van der Waals surface area contributed by atoms with Crippen LogP contribution in [0.25, 0.3) is 21.2 Å². The van der Waals surface area contributed by atoms with Gasteiger partial charge < -0.3 is 23.2 Å². The van der Waals surface area contributed by atoms with Crippen molar-refractivity contribution in [1.82, 2.24) is 4.57 Å². The van der Waals surface area contributed by atoms with Crippen LogP contribution in [0.5, 0.6) is 11.5 Å². The Labute approximate surface area is 181 Å². The van der Waals surface area contributed by atoms with E-state index in [1.165, 1.54) is 18.4 Å². The van der Waals surface area contributed by atoms with Gasteiger partial charge in [0, 0.05) is 17.5 Å². The van der Waals surface area contributed by atoms with Gasteiger partial charge in [-0.1, -0.05) is 29.5 Å². The molecular formula is C22H20N2O6S. The summed E-state index contributed by atoms with van der Waals surface area (Å²) >= 11 is 1.25. The molecule has 0 atom stereocenters. The second kappa shape index (κ2) is 8.65. The van der Waals surface area contributed by atoms with Crippen LogP contribution in [-0.4, -0.2) is 37.3 Å². The standard InChI is InChI=1S/C22H20N2O6S/c1-4-29-20(25)12-24-14-10-16(27-2)17(28-3)11-19(14)31-22(24)23-21(26)18-9-13-7-5-6-8-15(13)30-18/h5-11H,4,12H2,1-3H3. The van der Waals surface area contributed by atoms with E-state index in [1.807, 2.05) is 18.2 Å². The Bertz CT molecular complexity index is 1310. The van der Waals surface area contributed by atoms with E-state index in [-0.39, 0.29) is 18.9 Å². The minimum atomic E-state index is -0.542. The molecule has 0 radical (unpaired) electrons. The third-order valence-corrected chi connectivity index (χ3v) is 5.66. The lowest BCUT2D eigenvalue weighted by Gasteiger charge is -2.09. The SMILES string of the molecule is CCOC(=O)Cn1c(=NC(=O)c2cc3ccccc3o2)sc2cc(OC)c(OC)cc21. The molecule has 0 aliphatic heterocycles. The molecule has 4 rings (SSSR count). The summed E-state index contributed by atoms with van der Waals surface area (Å²) in [5.41, 5.74) is 1.28. The average molecular weight is 440 g/mol. The zero-order valence-electron chi connectivity index (χ0n) is 17.2. The van der Waals surface area contributed by atoms with Crippen molar-refractivity contribution in [3.63, 3.8) is 0 Å². The lowest BCUT2D eigenvalue weighted by Crippen LogP contribution is -2.23. The van der Waals surface area contributed by atoms with Crippen LogP contribution in [0.15, 0.2) is 51.9 Å². The van der Waals surface area contributed by atoms with Gasteiger partial charge >= 0.3 is 11.9 Å². The lowest BCUT2D eigenvalue weighted by atomic mass is 10.2. The van der Waals surface area contributed by atoms with Gasteiger partial charge in [0.1, 0.15) is 12.1 Å².